The number of unbranched alkanes of at least 4 members (excludes halogenated alkanes) is 1. The highest BCUT2D eigenvalue weighted by molar-refractivity contribution is 7.11. The molecule has 1 unspecified atom stereocenters. The van der Waals surface area contributed by atoms with Crippen molar-refractivity contribution in [2.45, 2.75) is 58.2 Å². The molecular weight excluding hydrogens is 492 g/mol. The highest BCUT2D eigenvalue weighted by atomic mass is 32.1. The van der Waals surface area contributed by atoms with E-state index in [0.29, 0.717) is 25.9 Å². The monoisotopic (exact) mass is 525 g/mol. The number of aryl methyl sites for hydroxylation is 1. The van der Waals surface area contributed by atoms with Gasteiger partial charge in [0.15, 0.2) is 11.6 Å². The number of aromatic nitrogens is 1. The molecule has 3 amide bonds. The predicted molar refractivity (Wildman–Crippen MR) is 133 cm³/mol. The number of urea groups is 1. The van der Waals surface area contributed by atoms with Crippen LogP contribution in [0.4, 0.5) is 18.6 Å². The summed E-state index contributed by atoms with van der Waals surface area (Å²) in [6.45, 7) is 4.22. The second-order valence-corrected chi connectivity index (χ2v) is 9.68. The number of benzene rings is 1. The number of aliphatic hydroxyl groups excluding tert-OH is 1. The largest absolute Gasteiger partial charge is 0.471 e. The van der Waals surface area contributed by atoms with Crippen LogP contribution in [-0.4, -0.2) is 58.6 Å². The summed E-state index contributed by atoms with van der Waals surface area (Å²) in [5.41, 5.74) is 5.39. The summed E-state index contributed by atoms with van der Waals surface area (Å²) in [6, 6.07) is 2.25. The van der Waals surface area contributed by atoms with Crippen LogP contribution >= 0.6 is 11.5 Å². The van der Waals surface area contributed by atoms with E-state index in [0.717, 1.165) is 31.0 Å². The molecule has 1 fully saturated rings. The van der Waals surface area contributed by atoms with Crippen LogP contribution in [-0.2, 0) is 6.61 Å². The van der Waals surface area contributed by atoms with Crippen LogP contribution in [0.5, 0.6) is 5.88 Å². The van der Waals surface area contributed by atoms with E-state index in [9.17, 15) is 23.5 Å². The van der Waals surface area contributed by atoms with E-state index in [2.05, 4.69) is 19.9 Å². The van der Waals surface area contributed by atoms with E-state index in [1.54, 1.807) is 0 Å². The van der Waals surface area contributed by atoms with Crippen LogP contribution in [0.2, 0.25) is 0 Å². The highest BCUT2D eigenvalue weighted by Crippen LogP contribution is 2.31. The molecule has 36 heavy (non-hydrogen) atoms. The minimum Gasteiger partial charge on any atom is -0.471 e. The first-order valence-corrected chi connectivity index (χ1v) is 12.8. The Kier molecular flexibility index (Phi) is 10.4. The van der Waals surface area contributed by atoms with Crippen LogP contribution in [0, 0.1) is 18.6 Å². The molecule has 2 heterocycles. The average molecular weight is 526 g/mol. The van der Waals surface area contributed by atoms with E-state index in [4.69, 9.17) is 10.5 Å². The topological polar surface area (TPSA) is 130 Å². The quantitative estimate of drug-likeness (QED) is 0.314. The molecule has 5 N–H and O–H groups in total. The Morgan fingerprint density at radius 2 is 1.97 bits per heavy atom. The number of amides is 3. The van der Waals surface area contributed by atoms with Gasteiger partial charge in [-0.25, -0.2) is 13.6 Å². The molecule has 0 aliphatic carbocycles. The number of hydrogen-bond acceptors (Lipinski definition) is 7. The third-order valence-electron chi connectivity index (χ3n) is 6.02. The third kappa shape index (κ3) is 7.84. The van der Waals surface area contributed by atoms with Gasteiger partial charge in [-0.3, -0.25) is 10.1 Å². The number of hydrogen-bond donors (Lipinski definition) is 4. The van der Waals surface area contributed by atoms with Crippen molar-refractivity contribution < 1.29 is 28.2 Å². The zero-order valence-corrected chi connectivity index (χ0v) is 21.1. The van der Waals surface area contributed by atoms with Gasteiger partial charge in [0, 0.05) is 18.7 Å². The smallest absolute Gasteiger partial charge is 0.319 e. The zero-order valence-electron chi connectivity index (χ0n) is 20.3. The van der Waals surface area contributed by atoms with Gasteiger partial charge in [0.25, 0.3) is 5.91 Å². The maximum atomic E-state index is 14.1. The first-order valence-electron chi connectivity index (χ1n) is 12.1. The molecule has 1 aromatic carbocycles. The molecule has 1 atom stereocenters. The van der Waals surface area contributed by atoms with Gasteiger partial charge >= 0.3 is 6.03 Å². The lowest BCUT2D eigenvalue weighted by atomic mass is 10.1. The first-order chi connectivity index (χ1) is 17.3. The number of rotatable bonds is 12. The van der Waals surface area contributed by atoms with Crippen molar-refractivity contribution >= 4 is 28.5 Å². The number of ether oxygens (including phenoxy) is 1. The number of piperidine rings is 1. The fourth-order valence-electron chi connectivity index (χ4n) is 4.01. The number of carbonyl (C=O) groups is 2. The molecule has 1 aliphatic rings. The van der Waals surface area contributed by atoms with Gasteiger partial charge in [-0.05, 0) is 69.2 Å². The van der Waals surface area contributed by atoms with E-state index in [1.807, 2.05) is 0 Å². The van der Waals surface area contributed by atoms with Gasteiger partial charge in [-0.2, -0.15) is 4.37 Å². The van der Waals surface area contributed by atoms with E-state index >= 15 is 0 Å². The van der Waals surface area contributed by atoms with Crippen molar-refractivity contribution in [2.24, 2.45) is 5.73 Å². The highest BCUT2D eigenvalue weighted by Gasteiger charge is 2.23. The molecule has 1 aliphatic heterocycles. The van der Waals surface area contributed by atoms with Crippen molar-refractivity contribution in [3.8, 4) is 5.88 Å². The lowest BCUT2D eigenvalue weighted by Gasteiger charge is -2.28. The Morgan fingerprint density at radius 1 is 1.22 bits per heavy atom. The minimum absolute atomic E-state index is 0.0465. The molecule has 1 aromatic heterocycles. The lowest BCUT2D eigenvalue weighted by Crippen LogP contribution is -2.36. The molecule has 0 radical (unpaired) electrons. The van der Waals surface area contributed by atoms with Gasteiger partial charge in [0.1, 0.15) is 17.2 Å². The maximum absolute atomic E-state index is 14.1. The molecule has 12 heteroatoms. The van der Waals surface area contributed by atoms with Gasteiger partial charge in [-0.15, -0.1) is 0 Å². The summed E-state index contributed by atoms with van der Waals surface area (Å²) >= 11 is 0.789. The number of likely N-dealkylation sites (tertiary alicyclic amines) is 1. The van der Waals surface area contributed by atoms with Crippen molar-refractivity contribution in [3.05, 3.63) is 40.5 Å². The summed E-state index contributed by atoms with van der Waals surface area (Å²) in [6.07, 6.45) is 5.34. The fourth-order valence-corrected chi connectivity index (χ4v) is 4.74. The number of anilines is 1. The molecular formula is C24H33F2N5O4S. The summed E-state index contributed by atoms with van der Waals surface area (Å²) in [7, 11) is 0. The van der Waals surface area contributed by atoms with E-state index in [1.165, 1.54) is 38.3 Å². The lowest BCUT2D eigenvalue weighted by molar-refractivity contribution is 0.0928. The molecule has 0 spiro atoms. The van der Waals surface area contributed by atoms with Crippen LogP contribution in [0.25, 0.3) is 0 Å². The summed E-state index contributed by atoms with van der Waals surface area (Å²) in [4.78, 5) is 26.5. The first kappa shape index (κ1) is 27.8. The Labute approximate surface area is 213 Å². The van der Waals surface area contributed by atoms with Crippen molar-refractivity contribution in [2.75, 3.05) is 31.5 Å². The summed E-state index contributed by atoms with van der Waals surface area (Å²) < 4.78 is 37.2. The second kappa shape index (κ2) is 13.5. The van der Waals surface area contributed by atoms with Crippen molar-refractivity contribution in [1.82, 2.24) is 14.6 Å². The minimum atomic E-state index is -1.04. The van der Waals surface area contributed by atoms with Gasteiger partial charge in [0.2, 0.25) is 5.88 Å². The van der Waals surface area contributed by atoms with Crippen molar-refractivity contribution in [1.29, 1.82) is 0 Å². The molecule has 198 valence electrons. The molecule has 0 bridgehead atoms. The SMILES string of the molecule is Cc1ccc(COc2nsc(NC(=O)NCCCCC(O)CN3CCCCC3)c2C(N)=O)c(F)c1F. The number of halogens is 2. The Bertz CT molecular complexity index is 1050. The predicted octanol–water partition coefficient (Wildman–Crippen LogP) is 3.55. The molecule has 9 nitrogen and oxygen atoms in total. The van der Waals surface area contributed by atoms with Crippen LogP contribution in [0.15, 0.2) is 12.1 Å². The van der Waals surface area contributed by atoms with Crippen LogP contribution in [0.1, 0.15) is 60.0 Å². The normalized spacial score (nSPS) is 14.9. The van der Waals surface area contributed by atoms with Gasteiger partial charge in [-0.1, -0.05) is 18.6 Å². The summed E-state index contributed by atoms with van der Waals surface area (Å²) in [5.74, 6) is -3.07. The molecule has 0 saturated carbocycles. The van der Waals surface area contributed by atoms with Gasteiger partial charge < -0.3 is 25.8 Å². The number of carbonyl (C=O) groups excluding carboxylic acids is 2. The number of nitrogens with one attached hydrogen (secondary N) is 2. The summed E-state index contributed by atoms with van der Waals surface area (Å²) in [5, 5.41) is 15.5. The second-order valence-electron chi connectivity index (χ2n) is 8.91. The van der Waals surface area contributed by atoms with E-state index < -0.39 is 23.6 Å². The number of primary amides is 1. The maximum Gasteiger partial charge on any atom is 0.319 e. The number of aliphatic hydroxyl groups is 1. The Morgan fingerprint density at radius 3 is 2.69 bits per heavy atom. The molecule has 2 aromatic rings. The fraction of sp³-hybridized carbons (Fsp3) is 0.542. The number of β-amino-alcohol motifs (C(OH)–C–C–N with tert-alkyl or cyclic N) is 1. The van der Waals surface area contributed by atoms with Crippen LogP contribution < -0.4 is 21.1 Å². The molecule has 1 saturated heterocycles. The van der Waals surface area contributed by atoms with Gasteiger partial charge in [0.05, 0.1) is 6.10 Å². The third-order valence-corrected chi connectivity index (χ3v) is 6.77. The Balaban J connectivity index is 1.43. The zero-order chi connectivity index (χ0) is 26.1. The number of nitrogens with zero attached hydrogens (tertiary/aromatic N) is 2. The number of nitrogens with two attached hydrogens (primary N) is 1. The molecule has 3 rings (SSSR count). The average Bonchev–Trinajstić information content (AvgIpc) is 3.25. The standard InChI is InChI=1S/C24H33F2N5O4S/c1-15-8-9-16(20(26)19(15)25)14-35-22-18(21(27)33)23(36-30-22)29-24(34)28-10-4-3-7-17(32)13-31-11-5-2-6-12-31/h8-9,17,32H,2-7,10-14H2,1H3,(H2,27,33)(H2,28,29,34). The Hall–Kier alpha value is -2.83. The van der Waals surface area contributed by atoms with Crippen molar-refractivity contribution in [3.63, 3.8) is 0 Å². The van der Waals surface area contributed by atoms with E-state index in [-0.39, 0.29) is 40.3 Å². The van der Waals surface area contributed by atoms with Crippen LogP contribution in [0.3, 0.4) is 0 Å².